The van der Waals surface area contributed by atoms with E-state index in [-0.39, 0.29) is 5.75 Å². The lowest BCUT2D eigenvalue weighted by atomic mass is 9.90. The second-order valence-electron chi connectivity index (χ2n) is 5.25. The van der Waals surface area contributed by atoms with Gasteiger partial charge in [0.05, 0.1) is 22.4 Å². The molecule has 1 fully saturated rings. The van der Waals surface area contributed by atoms with E-state index in [0.29, 0.717) is 22.4 Å². The van der Waals surface area contributed by atoms with Crippen molar-refractivity contribution in [2.75, 3.05) is 12.4 Å². The quantitative estimate of drug-likeness (QED) is 0.729. The lowest BCUT2D eigenvalue weighted by Crippen LogP contribution is -2.32. The summed E-state index contributed by atoms with van der Waals surface area (Å²) in [6, 6.07) is 4.99. The van der Waals surface area contributed by atoms with Crippen LogP contribution in [0.4, 0.5) is 0 Å². The van der Waals surface area contributed by atoms with E-state index in [1.165, 1.54) is 0 Å². The third kappa shape index (κ3) is 4.42. The van der Waals surface area contributed by atoms with Crippen LogP contribution in [0.3, 0.4) is 0 Å². The van der Waals surface area contributed by atoms with E-state index in [1.807, 2.05) is 0 Å². The number of ether oxygens (including phenoxy) is 1. The van der Waals surface area contributed by atoms with E-state index < -0.39 is 14.5 Å². The third-order valence-electron chi connectivity index (χ3n) is 3.58. The minimum Gasteiger partial charge on any atom is -0.493 e. The zero-order valence-corrected chi connectivity index (χ0v) is 13.8. The van der Waals surface area contributed by atoms with Crippen molar-refractivity contribution in [1.29, 1.82) is 0 Å². The molecule has 0 N–H and O–H groups in total. The Morgan fingerprint density at radius 3 is 2.35 bits per heavy atom. The molecule has 1 aliphatic carbocycles. The first-order valence-electron chi connectivity index (χ1n) is 6.30. The molecule has 0 bridgehead atoms. The van der Waals surface area contributed by atoms with Crippen molar-refractivity contribution >= 4 is 42.9 Å². The summed E-state index contributed by atoms with van der Waals surface area (Å²) in [4.78, 5) is 0. The van der Waals surface area contributed by atoms with Gasteiger partial charge in [0.1, 0.15) is 5.75 Å². The maximum atomic E-state index is 11.4. The van der Waals surface area contributed by atoms with Crippen molar-refractivity contribution in [3.05, 3.63) is 28.2 Å². The van der Waals surface area contributed by atoms with Crippen LogP contribution in [-0.2, 0) is 9.05 Å². The van der Waals surface area contributed by atoms with E-state index in [4.69, 9.17) is 38.6 Å². The molecule has 0 radical (unpaired) electrons. The largest absolute Gasteiger partial charge is 0.493 e. The van der Waals surface area contributed by atoms with Crippen LogP contribution in [0, 0.1) is 5.41 Å². The van der Waals surface area contributed by atoms with Gasteiger partial charge in [-0.05, 0) is 25.0 Å². The Labute approximate surface area is 133 Å². The summed E-state index contributed by atoms with van der Waals surface area (Å²) in [5, 5.41) is 0.868. The molecule has 1 aliphatic rings. The number of hydrogen-bond donors (Lipinski definition) is 0. The van der Waals surface area contributed by atoms with E-state index in [2.05, 4.69) is 0 Å². The molecule has 0 unspecified atom stereocenters. The molecule has 1 saturated carbocycles. The maximum absolute atomic E-state index is 11.4. The van der Waals surface area contributed by atoms with Crippen LogP contribution < -0.4 is 4.74 Å². The Hall–Kier alpha value is -0.160. The first-order chi connectivity index (χ1) is 9.30. The first-order valence-corrected chi connectivity index (χ1v) is 9.53. The Kier molecular flexibility index (Phi) is 5.11. The van der Waals surface area contributed by atoms with Crippen LogP contribution in [0.1, 0.15) is 25.7 Å². The minimum absolute atomic E-state index is 0.0527. The second-order valence-corrected chi connectivity index (χ2v) is 8.85. The standard InChI is InChI=1S/C13H15Cl3O3S/c14-11-4-3-10(7-12(11)15)19-8-13(5-1-2-6-13)9-20(16,17)18/h3-4,7H,1-2,5-6,8-9H2. The fraction of sp³-hybridized carbons (Fsp3) is 0.538. The van der Waals surface area contributed by atoms with Crippen LogP contribution in [0.15, 0.2) is 18.2 Å². The smallest absolute Gasteiger partial charge is 0.233 e. The van der Waals surface area contributed by atoms with Gasteiger partial charge in [-0.1, -0.05) is 36.0 Å². The highest BCUT2D eigenvalue weighted by molar-refractivity contribution is 8.13. The highest BCUT2D eigenvalue weighted by Crippen LogP contribution is 2.40. The number of halogens is 3. The zero-order valence-electron chi connectivity index (χ0n) is 10.7. The van der Waals surface area contributed by atoms with Gasteiger partial charge in [-0.25, -0.2) is 8.42 Å². The van der Waals surface area contributed by atoms with Crippen LogP contribution in [0.25, 0.3) is 0 Å². The van der Waals surface area contributed by atoms with Gasteiger partial charge in [0, 0.05) is 22.2 Å². The Morgan fingerprint density at radius 1 is 1.15 bits per heavy atom. The first kappa shape index (κ1) is 16.2. The molecule has 3 nitrogen and oxygen atoms in total. The normalized spacial score (nSPS) is 18.1. The topological polar surface area (TPSA) is 43.4 Å². The molecular formula is C13H15Cl3O3S. The molecule has 0 atom stereocenters. The van der Waals surface area contributed by atoms with Crippen molar-refractivity contribution in [2.24, 2.45) is 5.41 Å². The van der Waals surface area contributed by atoms with Gasteiger partial charge in [-0.2, -0.15) is 0 Å². The molecule has 0 spiro atoms. The molecule has 7 heteroatoms. The van der Waals surface area contributed by atoms with E-state index in [0.717, 1.165) is 25.7 Å². The lowest BCUT2D eigenvalue weighted by molar-refractivity contribution is 0.171. The van der Waals surface area contributed by atoms with Gasteiger partial charge in [0.15, 0.2) is 0 Å². The predicted molar refractivity (Wildman–Crippen MR) is 82.5 cm³/mol. The fourth-order valence-electron chi connectivity index (χ4n) is 2.62. The molecule has 2 rings (SSSR count). The zero-order chi connectivity index (χ0) is 14.8. The van der Waals surface area contributed by atoms with Crippen LogP contribution >= 0.6 is 33.9 Å². The number of rotatable bonds is 5. The SMILES string of the molecule is O=S(=O)(Cl)CC1(COc2ccc(Cl)c(Cl)c2)CCCC1. The average Bonchev–Trinajstić information content (AvgIpc) is 2.77. The second kappa shape index (κ2) is 6.30. The molecule has 0 saturated heterocycles. The van der Waals surface area contributed by atoms with Gasteiger partial charge in [0.25, 0.3) is 0 Å². The molecule has 0 aliphatic heterocycles. The Balaban J connectivity index is 2.07. The van der Waals surface area contributed by atoms with Crippen LogP contribution in [0.5, 0.6) is 5.75 Å². The van der Waals surface area contributed by atoms with Crippen molar-refractivity contribution < 1.29 is 13.2 Å². The summed E-state index contributed by atoms with van der Waals surface area (Å²) in [6.45, 7) is 0.316. The lowest BCUT2D eigenvalue weighted by Gasteiger charge is -2.27. The van der Waals surface area contributed by atoms with E-state index in [1.54, 1.807) is 18.2 Å². The summed E-state index contributed by atoms with van der Waals surface area (Å²) in [6.07, 6.45) is 3.61. The average molecular weight is 358 g/mol. The fourth-order valence-corrected chi connectivity index (χ4v) is 4.71. The maximum Gasteiger partial charge on any atom is 0.233 e. The molecule has 1 aromatic carbocycles. The molecule has 112 valence electrons. The number of benzene rings is 1. The van der Waals surface area contributed by atoms with Crippen molar-refractivity contribution in [3.63, 3.8) is 0 Å². The monoisotopic (exact) mass is 356 g/mol. The van der Waals surface area contributed by atoms with Crippen molar-refractivity contribution in [3.8, 4) is 5.75 Å². The molecule has 0 aromatic heterocycles. The summed E-state index contributed by atoms with van der Waals surface area (Å²) < 4.78 is 28.5. The van der Waals surface area contributed by atoms with Gasteiger partial charge in [-0.3, -0.25) is 0 Å². The van der Waals surface area contributed by atoms with Crippen molar-refractivity contribution in [2.45, 2.75) is 25.7 Å². The summed E-state index contributed by atoms with van der Waals surface area (Å²) in [7, 11) is 1.87. The molecular weight excluding hydrogens is 343 g/mol. The van der Waals surface area contributed by atoms with Crippen LogP contribution in [-0.4, -0.2) is 20.8 Å². The Morgan fingerprint density at radius 2 is 1.80 bits per heavy atom. The Bertz CT molecular complexity index is 581. The molecule has 0 amide bonds. The van der Waals surface area contributed by atoms with E-state index in [9.17, 15) is 8.42 Å². The number of hydrogen-bond acceptors (Lipinski definition) is 3. The molecule has 1 aromatic rings. The molecule has 20 heavy (non-hydrogen) atoms. The minimum atomic E-state index is -3.54. The van der Waals surface area contributed by atoms with Gasteiger partial charge in [-0.15, -0.1) is 0 Å². The molecule has 0 heterocycles. The summed E-state index contributed by atoms with van der Waals surface area (Å²) in [5.41, 5.74) is -0.396. The van der Waals surface area contributed by atoms with Gasteiger partial charge < -0.3 is 4.74 Å². The van der Waals surface area contributed by atoms with Gasteiger partial charge >= 0.3 is 0 Å². The highest BCUT2D eigenvalue weighted by Gasteiger charge is 2.38. The summed E-state index contributed by atoms with van der Waals surface area (Å²) >= 11 is 11.8. The predicted octanol–water partition coefficient (Wildman–Crippen LogP) is 4.50. The van der Waals surface area contributed by atoms with E-state index >= 15 is 0 Å². The van der Waals surface area contributed by atoms with Crippen molar-refractivity contribution in [1.82, 2.24) is 0 Å². The highest BCUT2D eigenvalue weighted by atomic mass is 35.7. The summed E-state index contributed by atoms with van der Waals surface area (Å²) in [5.74, 6) is 0.528. The van der Waals surface area contributed by atoms with Crippen LogP contribution in [0.2, 0.25) is 10.0 Å². The van der Waals surface area contributed by atoms with Gasteiger partial charge in [0.2, 0.25) is 9.05 Å². The third-order valence-corrected chi connectivity index (χ3v) is 5.60.